The molecule has 0 spiro atoms. The van der Waals surface area contributed by atoms with Gasteiger partial charge in [-0.3, -0.25) is 24.6 Å². The van der Waals surface area contributed by atoms with Crippen LogP contribution in [-0.4, -0.2) is 47.9 Å². The minimum Gasteiger partial charge on any atom is -0.482 e. The summed E-state index contributed by atoms with van der Waals surface area (Å²) in [6, 6.07) is 4.01. The van der Waals surface area contributed by atoms with Crippen molar-refractivity contribution in [3.63, 3.8) is 0 Å². The normalized spacial score (nSPS) is 16.9. The average molecular weight is 291 g/mol. The molecular weight excluding hydrogens is 278 g/mol. The molecule has 0 atom stereocenters. The number of carbonyl (C=O) groups excluding carboxylic acids is 2. The number of anilines is 1. The third kappa shape index (κ3) is 2.39. The third-order valence-corrected chi connectivity index (χ3v) is 3.60. The highest BCUT2D eigenvalue weighted by Crippen LogP contribution is 2.35. The number of non-ortho nitro benzene ring substituents is 1. The van der Waals surface area contributed by atoms with Crippen molar-refractivity contribution in [3.05, 3.63) is 28.3 Å². The number of fused-ring (bicyclic) bond motifs is 1. The van der Waals surface area contributed by atoms with Crippen LogP contribution in [-0.2, 0) is 9.59 Å². The van der Waals surface area contributed by atoms with Crippen molar-refractivity contribution >= 4 is 23.2 Å². The maximum Gasteiger partial charge on any atom is 0.271 e. The van der Waals surface area contributed by atoms with Gasteiger partial charge in [0.2, 0.25) is 5.91 Å². The molecule has 1 fully saturated rings. The molecule has 110 valence electrons. The zero-order chi connectivity index (χ0) is 15.0. The van der Waals surface area contributed by atoms with Crippen LogP contribution >= 0.6 is 0 Å². The van der Waals surface area contributed by atoms with Gasteiger partial charge in [0.05, 0.1) is 10.6 Å². The highest BCUT2D eigenvalue weighted by molar-refractivity contribution is 6.02. The van der Waals surface area contributed by atoms with Gasteiger partial charge in [0.25, 0.3) is 11.6 Å². The highest BCUT2D eigenvalue weighted by atomic mass is 16.6. The molecule has 0 aliphatic carbocycles. The first-order valence-electron chi connectivity index (χ1n) is 6.55. The first kappa shape index (κ1) is 13.3. The number of hydrogen-bond donors (Lipinski definition) is 0. The fraction of sp³-hybridized carbons (Fsp3) is 0.385. The average Bonchev–Trinajstić information content (AvgIpc) is 2.39. The van der Waals surface area contributed by atoms with Gasteiger partial charge in [-0.2, -0.15) is 0 Å². The summed E-state index contributed by atoms with van der Waals surface area (Å²) >= 11 is 0. The Morgan fingerprint density at radius 2 is 2.14 bits per heavy atom. The van der Waals surface area contributed by atoms with E-state index in [1.807, 2.05) is 0 Å². The van der Waals surface area contributed by atoms with Crippen LogP contribution < -0.4 is 9.64 Å². The number of rotatable bonds is 3. The van der Waals surface area contributed by atoms with Gasteiger partial charge in [0.15, 0.2) is 6.61 Å². The van der Waals surface area contributed by atoms with E-state index in [2.05, 4.69) is 0 Å². The van der Waals surface area contributed by atoms with E-state index in [1.54, 1.807) is 4.90 Å². The van der Waals surface area contributed by atoms with E-state index in [4.69, 9.17) is 4.74 Å². The summed E-state index contributed by atoms with van der Waals surface area (Å²) in [5, 5.41) is 10.8. The van der Waals surface area contributed by atoms with Crippen molar-refractivity contribution in [2.24, 2.45) is 0 Å². The Labute approximate surface area is 120 Å². The number of nitrogens with zero attached hydrogens (tertiary/aromatic N) is 3. The van der Waals surface area contributed by atoms with Gasteiger partial charge >= 0.3 is 0 Å². The number of likely N-dealkylation sites (tertiary alicyclic amines) is 1. The van der Waals surface area contributed by atoms with Crippen molar-refractivity contribution in [1.29, 1.82) is 0 Å². The lowest BCUT2D eigenvalue weighted by Gasteiger charge is -2.34. The van der Waals surface area contributed by atoms with Crippen molar-refractivity contribution < 1.29 is 19.2 Å². The quantitative estimate of drug-likeness (QED) is 0.599. The molecule has 0 bridgehead atoms. The van der Waals surface area contributed by atoms with Crippen LogP contribution in [0.15, 0.2) is 18.2 Å². The Kier molecular flexibility index (Phi) is 3.20. The molecule has 8 heteroatoms. The van der Waals surface area contributed by atoms with Crippen molar-refractivity contribution in [2.45, 2.75) is 6.42 Å². The van der Waals surface area contributed by atoms with Gasteiger partial charge in [-0.1, -0.05) is 0 Å². The molecular formula is C13H13N3O5. The fourth-order valence-corrected chi connectivity index (χ4v) is 2.28. The topological polar surface area (TPSA) is 93.0 Å². The molecule has 0 aromatic heterocycles. The predicted molar refractivity (Wildman–Crippen MR) is 72.1 cm³/mol. The molecule has 2 aliphatic heterocycles. The van der Waals surface area contributed by atoms with Crippen LogP contribution in [0.2, 0.25) is 0 Å². The van der Waals surface area contributed by atoms with Crippen LogP contribution in [0.25, 0.3) is 0 Å². The Balaban J connectivity index is 1.89. The lowest BCUT2D eigenvalue weighted by molar-refractivity contribution is -0.384. The molecule has 21 heavy (non-hydrogen) atoms. The number of benzene rings is 1. The van der Waals surface area contributed by atoms with E-state index in [0.29, 0.717) is 18.8 Å². The summed E-state index contributed by atoms with van der Waals surface area (Å²) in [4.78, 5) is 37.2. The first-order valence-corrected chi connectivity index (χ1v) is 6.55. The first-order chi connectivity index (χ1) is 10.1. The second-order valence-electron chi connectivity index (χ2n) is 4.91. The number of amides is 2. The lowest BCUT2D eigenvalue weighted by Crippen LogP contribution is -2.50. The SMILES string of the molecule is O=C(CN1C(=O)COc2ccc([N+](=O)[O-])cc21)N1CCC1. The molecule has 1 aromatic rings. The van der Waals surface area contributed by atoms with E-state index in [9.17, 15) is 19.7 Å². The lowest BCUT2D eigenvalue weighted by atomic mass is 10.2. The van der Waals surface area contributed by atoms with Crippen LogP contribution in [0.4, 0.5) is 11.4 Å². The summed E-state index contributed by atoms with van der Waals surface area (Å²) in [7, 11) is 0. The molecule has 2 aliphatic rings. The number of carbonyl (C=O) groups is 2. The zero-order valence-electron chi connectivity index (χ0n) is 11.2. The molecule has 0 unspecified atom stereocenters. The molecule has 2 heterocycles. The van der Waals surface area contributed by atoms with Gasteiger partial charge in [0, 0.05) is 25.2 Å². The minimum absolute atomic E-state index is 0.115. The highest BCUT2D eigenvalue weighted by Gasteiger charge is 2.31. The van der Waals surface area contributed by atoms with Crippen molar-refractivity contribution in [1.82, 2.24) is 4.90 Å². The van der Waals surface area contributed by atoms with E-state index in [-0.39, 0.29) is 36.3 Å². The smallest absolute Gasteiger partial charge is 0.271 e. The molecule has 0 radical (unpaired) electrons. The number of hydrogen-bond acceptors (Lipinski definition) is 5. The molecule has 8 nitrogen and oxygen atoms in total. The Hall–Kier alpha value is -2.64. The summed E-state index contributed by atoms with van der Waals surface area (Å²) in [6.07, 6.45) is 0.963. The van der Waals surface area contributed by atoms with Gasteiger partial charge in [-0.25, -0.2) is 0 Å². The fourth-order valence-electron chi connectivity index (χ4n) is 2.28. The zero-order valence-corrected chi connectivity index (χ0v) is 11.2. The van der Waals surface area contributed by atoms with E-state index in [0.717, 1.165) is 6.42 Å². The summed E-state index contributed by atoms with van der Waals surface area (Å²) in [5.41, 5.74) is 0.128. The molecule has 0 saturated carbocycles. The van der Waals surface area contributed by atoms with Crippen LogP contribution in [0.5, 0.6) is 5.75 Å². The van der Waals surface area contributed by atoms with Gasteiger partial charge in [-0.05, 0) is 12.5 Å². The maximum absolute atomic E-state index is 12.0. The number of nitro groups is 1. The molecule has 1 saturated heterocycles. The van der Waals surface area contributed by atoms with E-state index in [1.165, 1.54) is 23.1 Å². The maximum atomic E-state index is 12.0. The van der Waals surface area contributed by atoms with Crippen LogP contribution in [0, 0.1) is 10.1 Å². The molecule has 1 aromatic carbocycles. The molecule has 0 N–H and O–H groups in total. The van der Waals surface area contributed by atoms with Crippen molar-refractivity contribution in [3.8, 4) is 5.75 Å². The van der Waals surface area contributed by atoms with Crippen molar-refractivity contribution in [2.75, 3.05) is 31.1 Å². The second-order valence-corrected chi connectivity index (χ2v) is 4.91. The van der Waals surface area contributed by atoms with Gasteiger partial charge in [0.1, 0.15) is 12.3 Å². The van der Waals surface area contributed by atoms with Gasteiger partial charge in [-0.15, -0.1) is 0 Å². The standard InChI is InChI=1S/C13H13N3O5/c17-12(14-4-1-5-14)7-15-10-6-9(16(19)20)2-3-11(10)21-8-13(15)18/h2-3,6H,1,4-5,7-8H2. The Bertz CT molecular complexity index is 626. The number of ether oxygens (including phenoxy) is 1. The Morgan fingerprint density at radius 1 is 1.38 bits per heavy atom. The van der Waals surface area contributed by atoms with Crippen LogP contribution in [0.1, 0.15) is 6.42 Å². The third-order valence-electron chi connectivity index (χ3n) is 3.60. The number of nitro benzene ring substituents is 1. The van der Waals surface area contributed by atoms with E-state index >= 15 is 0 Å². The van der Waals surface area contributed by atoms with Crippen LogP contribution in [0.3, 0.4) is 0 Å². The van der Waals surface area contributed by atoms with E-state index < -0.39 is 4.92 Å². The van der Waals surface area contributed by atoms with Gasteiger partial charge < -0.3 is 9.64 Å². The minimum atomic E-state index is -0.547. The second kappa shape index (κ2) is 5.04. The monoisotopic (exact) mass is 291 g/mol. The largest absolute Gasteiger partial charge is 0.482 e. The molecule has 3 rings (SSSR count). The summed E-state index contributed by atoms with van der Waals surface area (Å²) < 4.78 is 5.24. The predicted octanol–water partition coefficient (Wildman–Crippen LogP) is 0.552. The Morgan fingerprint density at radius 3 is 2.76 bits per heavy atom. The molecule has 2 amide bonds. The summed E-state index contributed by atoms with van der Waals surface area (Å²) in [6.45, 7) is 1.10. The summed E-state index contributed by atoms with van der Waals surface area (Å²) in [5.74, 6) is -0.164.